The highest BCUT2D eigenvalue weighted by Crippen LogP contribution is 2.40. The maximum absolute atomic E-state index is 13.8. The first-order valence-corrected chi connectivity index (χ1v) is 15.0. The molecule has 222 valence electrons. The molecule has 6 heterocycles. The van der Waals surface area contributed by atoms with Crippen LogP contribution >= 0.6 is 0 Å². The fourth-order valence-corrected chi connectivity index (χ4v) is 7.49. The molecule has 8 rings (SSSR count). The molecule has 0 radical (unpaired) electrons. The number of imidazole rings is 1. The van der Waals surface area contributed by atoms with Crippen molar-refractivity contribution < 1.29 is 9.53 Å². The molecular formula is C32H32N10O2. The van der Waals surface area contributed by atoms with Crippen molar-refractivity contribution >= 4 is 33.7 Å². The Balaban J connectivity index is 1.20. The number of ether oxygens (including phenoxy) is 1. The Hall–Kier alpha value is -5.02. The molecule has 1 saturated carbocycles. The highest BCUT2D eigenvalue weighted by molar-refractivity contribution is 6.00. The Morgan fingerprint density at radius 1 is 1.18 bits per heavy atom. The number of pyridine rings is 1. The van der Waals surface area contributed by atoms with E-state index in [2.05, 4.69) is 41.1 Å². The lowest BCUT2D eigenvalue weighted by atomic mass is 9.98. The summed E-state index contributed by atoms with van der Waals surface area (Å²) in [4.78, 5) is 35.9. The van der Waals surface area contributed by atoms with Gasteiger partial charge in [-0.1, -0.05) is 0 Å². The van der Waals surface area contributed by atoms with Crippen molar-refractivity contribution in [3.63, 3.8) is 0 Å². The number of piperidine rings is 1. The van der Waals surface area contributed by atoms with E-state index in [1.165, 1.54) is 6.33 Å². The second kappa shape index (κ2) is 10.0. The molecule has 2 bridgehead atoms. The number of amides is 1. The molecule has 44 heavy (non-hydrogen) atoms. The first kappa shape index (κ1) is 26.6. The standard InChI is InChI=1S/C32H32N10O2/c1-39-25(9-19-4-3-7-36-30(19)39)31-38-22-8-21(32(43)41-16-20-5-6-24(41)28(20)34)10-27(44-2)29(22)42(31)15-18-13-40(14-18)26-12-35-17-37-23(26)11-33/h3-4,7-10,12,17-18,20,24,28H,5-6,13-16,34H2,1-2H3/t20?,24?,28-/m1/s1. The summed E-state index contributed by atoms with van der Waals surface area (Å²) in [6.45, 7) is 2.86. The molecule has 1 aliphatic carbocycles. The topological polar surface area (TPSA) is 144 Å². The molecule has 12 heteroatoms. The largest absolute Gasteiger partial charge is 0.494 e. The minimum atomic E-state index is -0.0224. The van der Waals surface area contributed by atoms with Gasteiger partial charge in [0.25, 0.3) is 5.91 Å². The molecule has 1 aromatic carbocycles. The third-order valence-corrected chi connectivity index (χ3v) is 9.74. The van der Waals surface area contributed by atoms with Crippen LogP contribution < -0.4 is 15.4 Å². The van der Waals surface area contributed by atoms with Crippen LogP contribution in [0.5, 0.6) is 5.75 Å². The van der Waals surface area contributed by atoms with Crippen molar-refractivity contribution in [3.05, 3.63) is 60.3 Å². The van der Waals surface area contributed by atoms with Gasteiger partial charge < -0.3 is 29.4 Å². The van der Waals surface area contributed by atoms with Crippen molar-refractivity contribution in [2.75, 3.05) is 31.6 Å². The summed E-state index contributed by atoms with van der Waals surface area (Å²) in [7, 11) is 3.63. The van der Waals surface area contributed by atoms with E-state index in [0.717, 1.165) is 59.7 Å². The van der Waals surface area contributed by atoms with Gasteiger partial charge in [0.2, 0.25) is 0 Å². The van der Waals surface area contributed by atoms with Crippen molar-refractivity contribution in [1.29, 1.82) is 5.26 Å². The lowest BCUT2D eigenvalue weighted by molar-refractivity contribution is 0.0700. The van der Waals surface area contributed by atoms with Gasteiger partial charge in [0.1, 0.15) is 29.3 Å². The number of carbonyl (C=O) groups is 1. The Morgan fingerprint density at radius 3 is 2.77 bits per heavy atom. The number of aryl methyl sites for hydroxylation is 1. The number of nitrogens with two attached hydrogens (primary N) is 1. The molecule has 2 saturated heterocycles. The predicted molar refractivity (Wildman–Crippen MR) is 164 cm³/mol. The molecule has 2 aliphatic heterocycles. The normalized spacial score (nSPS) is 21.3. The maximum Gasteiger partial charge on any atom is 0.254 e. The van der Waals surface area contributed by atoms with Crippen molar-refractivity contribution in [1.82, 2.24) is 34.0 Å². The quantitative estimate of drug-likeness (QED) is 0.317. The van der Waals surface area contributed by atoms with E-state index in [-0.39, 0.29) is 23.9 Å². The van der Waals surface area contributed by atoms with Gasteiger partial charge in [0.05, 0.1) is 30.2 Å². The third-order valence-electron chi connectivity index (χ3n) is 9.74. The zero-order valence-electron chi connectivity index (χ0n) is 24.6. The number of methoxy groups -OCH3 is 1. The number of hydrogen-bond donors (Lipinski definition) is 1. The minimum absolute atomic E-state index is 0.0224. The Morgan fingerprint density at radius 2 is 2.05 bits per heavy atom. The summed E-state index contributed by atoms with van der Waals surface area (Å²) >= 11 is 0. The van der Waals surface area contributed by atoms with Gasteiger partial charge in [-0.05, 0) is 49.1 Å². The summed E-state index contributed by atoms with van der Waals surface area (Å²) in [5.41, 5.74) is 11.5. The zero-order chi connectivity index (χ0) is 30.1. The number of hydrogen-bond acceptors (Lipinski definition) is 9. The van der Waals surface area contributed by atoms with Gasteiger partial charge in [0.15, 0.2) is 11.5 Å². The van der Waals surface area contributed by atoms with Gasteiger partial charge in [-0.3, -0.25) is 4.79 Å². The van der Waals surface area contributed by atoms with Gasteiger partial charge in [-0.2, -0.15) is 5.26 Å². The molecule has 3 atom stereocenters. The molecule has 3 fully saturated rings. The fraction of sp³-hybridized carbons (Fsp3) is 0.375. The number of nitriles is 1. The molecule has 3 aliphatic rings. The Bertz CT molecular complexity index is 1980. The van der Waals surface area contributed by atoms with Gasteiger partial charge in [0, 0.05) is 68.4 Å². The second-order valence-corrected chi connectivity index (χ2v) is 12.2. The number of fused-ring (bicyclic) bond motifs is 4. The van der Waals surface area contributed by atoms with Crippen LogP contribution in [0.25, 0.3) is 33.6 Å². The van der Waals surface area contributed by atoms with Crippen LogP contribution in [0.2, 0.25) is 0 Å². The minimum Gasteiger partial charge on any atom is -0.494 e. The number of rotatable bonds is 6. The Kier molecular flexibility index (Phi) is 6.06. The summed E-state index contributed by atoms with van der Waals surface area (Å²) in [5, 5.41) is 10.5. The van der Waals surface area contributed by atoms with Crippen LogP contribution in [0.15, 0.2) is 49.1 Å². The van der Waals surface area contributed by atoms with Crippen LogP contribution in [0, 0.1) is 23.2 Å². The number of carbonyl (C=O) groups excluding carboxylic acids is 1. The summed E-state index contributed by atoms with van der Waals surface area (Å²) in [5.74, 6) is 2.01. The van der Waals surface area contributed by atoms with Crippen molar-refractivity contribution in [2.45, 2.75) is 31.5 Å². The Labute approximate surface area is 253 Å². The lowest BCUT2D eigenvalue weighted by Crippen LogP contribution is -2.49. The molecule has 12 nitrogen and oxygen atoms in total. The molecular weight excluding hydrogens is 556 g/mol. The van der Waals surface area contributed by atoms with Gasteiger partial charge in [-0.15, -0.1) is 0 Å². The fourth-order valence-electron chi connectivity index (χ4n) is 7.49. The van der Waals surface area contributed by atoms with Crippen LogP contribution in [0.1, 0.15) is 28.9 Å². The number of aromatic nitrogens is 6. The summed E-state index contributed by atoms with van der Waals surface area (Å²) in [6.07, 6.45) is 6.92. The average molecular weight is 589 g/mol. The number of benzene rings is 1. The van der Waals surface area contributed by atoms with E-state index in [1.54, 1.807) is 19.5 Å². The van der Waals surface area contributed by atoms with E-state index < -0.39 is 0 Å². The van der Waals surface area contributed by atoms with Crippen LogP contribution in [0.4, 0.5) is 5.69 Å². The molecule has 1 amide bonds. The second-order valence-electron chi connectivity index (χ2n) is 12.2. The molecule has 5 aromatic rings. The van der Waals surface area contributed by atoms with Crippen LogP contribution in [-0.2, 0) is 13.6 Å². The lowest BCUT2D eigenvalue weighted by Gasteiger charge is -2.41. The molecule has 2 N–H and O–H groups in total. The van der Waals surface area contributed by atoms with Crippen molar-refractivity contribution in [2.24, 2.45) is 24.6 Å². The summed E-state index contributed by atoms with van der Waals surface area (Å²) in [6, 6.07) is 12.1. The average Bonchev–Trinajstić information content (AvgIpc) is 3.77. The third kappa shape index (κ3) is 3.96. The maximum atomic E-state index is 13.8. The van der Waals surface area contributed by atoms with E-state index in [9.17, 15) is 10.1 Å². The number of likely N-dealkylation sites (tertiary alicyclic amines) is 1. The van der Waals surface area contributed by atoms with Crippen molar-refractivity contribution in [3.8, 4) is 23.3 Å². The molecule has 4 aromatic heterocycles. The van der Waals surface area contributed by atoms with Crippen LogP contribution in [-0.4, -0.2) is 78.7 Å². The SMILES string of the molecule is COc1cc(C(=O)N2CC3CCC2[C@@H]3N)cc2nc(-c3cc4cccnc4n3C)n(CC3CN(c4cncnc4C#N)C3)c12. The zero-order valence-corrected chi connectivity index (χ0v) is 24.6. The first-order valence-electron chi connectivity index (χ1n) is 15.0. The highest BCUT2D eigenvalue weighted by atomic mass is 16.5. The van der Waals surface area contributed by atoms with Gasteiger partial charge in [-0.25, -0.2) is 19.9 Å². The first-order chi connectivity index (χ1) is 21.4. The van der Waals surface area contributed by atoms with E-state index in [1.807, 2.05) is 36.2 Å². The molecule has 0 spiro atoms. The molecule has 2 unspecified atom stereocenters. The summed E-state index contributed by atoms with van der Waals surface area (Å²) < 4.78 is 10.2. The number of nitrogens with zero attached hydrogens (tertiary/aromatic N) is 9. The van der Waals surface area contributed by atoms with E-state index >= 15 is 0 Å². The van der Waals surface area contributed by atoms with Gasteiger partial charge >= 0.3 is 0 Å². The number of anilines is 1. The van der Waals surface area contributed by atoms with Crippen LogP contribution in [0.3, 0.4) is 0 Å². The van der Waals surface area contributed by atoms with E-state index in [0.29, 0.717) is 41.5 Å². The highest BCUT2D eigenvalue weighted by Gasteiger charge is 2.47. The monoisotopic (exact) mass is 588 g/mol. The van der Waals surface area contributed by atoms with E-state index in [4.69, 9.17) is 15.5 Å². The smallest absolute Gasteiger partial charge is 0.254 e. The predicted octanol–water partition coefficient (Wildman–Crippen LogP) is 2.96.